The fourth-order valence-electron chi connectivity index (χ4n) is 2.72. The summed E-state index contributed by atoms with van der Waals surface area (Å²) >= 11 is 0. The van der Waals surface area contributed by atoms with Gasteiger partial charge in [0.1, 0.15) is 17.9 Å². The number of hydrogen-bond acceptors (Lipinski definition) is 6. The molecule has 3 aromatic heterocycles. The zero-order valence-electron chi connectivity index (χ0n) is 16.8. The van der Waals surface area contributed by atoms with Crippen molar-refractivity contribution >= 4 is 24.8 Å². The molecule has 0 saturated heterocycles. The summed E-state index contributed by atoms with van der Waals surface area (Å²) in [6, 6.07) is 3.08. The fourth-order valence-corrected chi connectivity index (χ4v) is 3.48. The summed E-state index contributed by atoms with van der Waals surface area (Å²) in [6.07, 6.45) is 3.51. The first-order chi connectivity index (χ1) is 12.7. The van der Waals surface area contributed by atoms with Gasteiger partial charge in [0, 0.05) is 21.2 Å². The Morgan fingerprint density at radius 2 is 2.04 bits per heavy atom. The number of fused-ring (bicyclic) bond motifs is 1. The lowest BCUT2D eigenvalue weighted by atomic mass is 10.2. The zero-order chi connectivity index (χ0) is 19.6. The molecule has 0 atom stereocenters. The van der Waals surface area contributed by atoms with E-state index in [9.17, 15) is 0 Å². The number of ether oxygens (including phenoxy) is 1. The van der Waals surface area contributed by atoms with E-state index in [-0.39, 0.29) is 0 Å². The van der Waals surface area contributed by atoms with Crippen LogP contribution in [0.1, 0.15) is 13.8 Å². The average molecular weight is 388 g/mol. The molecule has 0 amide bonds. The van der Waals surface area contributed by atoms with Crippen molar-refractivity contribution in [3.63, 3.8) is 0 Å². The number of rotatable bonds is 8. The van der Waals surface area contributed by atoms with Crippen LogP contribution in [0.5, 0.6) is 0 Å². The molecule has 2 N–H and O–H groups in total. The third-order valence-corrected chi connectivity index (χ3v) is 5.90. The summed E-state index contributed by atoms with van der Waals surface area (Å²) in [5.74, 6) is 0.476. The van der Waals surface area contributed by atoms with Crippen LogP contribution in [0.15, 0.2) is 18.5 Å². The molecule has 8 nitrogen and oxygen atoms in total. The van der Waals surface area contributed by atoms with E-state index in [1.54, 1.807) is 17.1 Å². The Morgan fingerprint density at radius 3 is 2.74 bits per heavy atom. The van der Waals surface area contributed by atoms with E-state index in [2.05, 4.69) is 53.9 Å². The lowest BCUT2D eigenvalue weighted by molar-refractivity contribution is 0.0788. The second-order valence-electron chi connectivity index (χ2n) is 8.54. The van der Waals surface area contributed by atoms with E-state index in [0.717, 1.165) is 30.2 Å². The monoisotopic (exact) mass is 387 g/mol. The zero-order valence-corrected chi connectivity index (χ0v) is 17.8. The Morgan fingerprint density at radius 1 is 1.26 bits per heavy atom. The summed E-state index contributed by atoms with van der Waals surface area (Å²) in [7, 11) is -1.09. The van der Waals surface area contributed by atoms with Crippen LogP contribution >= 0.6 is 0 Å². The van der Waals surface area contributed by atoms with E-state index >= 15 is 0 Å². The van der Waals surface area contributed by atoms with Crippen LogP contribution in [-0.2, 0) is 18.0 Å². The minimum Gasteiger partial charge on any atom is -0.396 e. The van der Waals surface area contributed by atoms with Gasteiger partial charge in [-0.2, -0.15) is 5.10 Å². The van der Waals surface area contributed by atoms with Gasteiger partial charge in [-0.1, -0.05) is 38.7 Å². The Kier molecular flexibility index (Phi) is 5.61. The topological polar surface area (TPSA) is 96.7 Å². The molecule has 27 heavy (non-hydrogen) atoms. The summed E-state index contributed by atoms with van der Waals surface area (Å²) in [6.45, 7) is 13.2. The molecule has 146 valence electrons. The van der Waals surface area contributed by atoms with E-state index in [4.69, 9.17) is 10.5 Å². The average Bonchev–Trinajstić information content (AvgIpc) is 3.13. The van der Waals surface area contributed by atoms with Crippen molar-refractivity contribution < 1.29 is 4.74 Å². The number of nitrogens with zero attached hydrogens (tertiary/aromatic N) is 6. The van der Waals surface area contributed by atoms with Gasteiger partial charge < -0.3 is 10.5 Å². The van der Waals surface area contributed by atoms with Crippen molar-refractivity contribution in [1.82, 2.24) is 29.8 Å². The van der Waals surface area contributed by atoms with Crippen LogP contribution < -0.4 is 5.73 Å². The van der Waals surface area contributed by atoms with Crippen molar-refractivity contribution in [1.29, 1.82) is 0 Å². The Hall–Kier alpha value is -2.26. The van der Waals surface area contributed by atoms with Crippen LogP contribution in [0.3, 0.4) is 0 Å². The van der Waals surface area contributed by atoms with Gasteiger partial charge in [0.15, 0.2) is 0 Å². The quantitative estimate of drug-likeness (QED) is 0.471. The lowest BCUT2D eigenvalue weighted by Crippen LogP contribution is -2.22. The number of aromatic nitrogens is 6. The van der Waals surface area contributed by atoms with E-state index in [0.29, 0.717) is 29.7 Å². The molecule has 0 aliphatic rings. The van der Waals surface area contributed by atoms with Crippen molar-refractivity contribution in [2.75, 3.05) is 12.3 Å². The molecule has 0 fully saturated rings. The number of pyridine rings is 1. The molecule has 9 heteroatoms. The first-order valence-corrected chi connectivity index (χ1v) is 13.0. The normalized spacial score (nSPS) is 12.4. The number of nitrogen functional groups attached to an aromatic ring is 1. The van der Waals surface area contributed by atoms with Gasteiger partial charge in [0.25, 0.3) is 0 Å². The molecule has 0 aliphatic carbocycles. The van der Waals surface area contributed by atoms with Gasteiger partial charge in [-0.3, -0.25) is 4.98 Å². The van der Waals surface area contributed by atoms with E-state index in [1.807, 2.05) is 10.7 Å². The van der Waals surface area contributed by atoms with Crippen LogP contribution in [-0.4, -0.2) is 44.4 Å². The largest absolute Gasteiger partial charge is 0.396 e. The third kappa shape index (κ3) is 4.92. The molecule has 0 spiro atoms. The highest BCUT2D eigenvalue weighted by Gasteiger charge is 2.15. The predicted octanol–water partition coefficient (Wildman–Crippen LogP) is 3.24. The second-order valence-corrected chi connectivity index (χ2v) is 14.2. The molecule has 3 heterocycles. The van der Waals surface area contributed by atoms with Crippen LogP contribution in [0, 0.1) is 5.92 Å². The van der Waals surface area contributed by atoms with Crippen molar-refractivity contribution in [2.24, 2.45) is 5.92 Å². The molecule has 3 aromatic rings. The molecular weight excluding hydrogens is 358 g/mol. The van der Waals surface area contributed by atoms with E-state index < -0.39 is 8.07 Å². The van der Waals surface area contributed by atoms with Gasteiger partial charge in [0.05, 0.1) is 29.3 Å². The minimum absolute atomic E-state index is 0.393. The van der Waals surface area contributed by atoms with Crippen molar-refractivity contribution in [3.05, 3.63) is 18.5 Å². The third-order valence-electron chi connectivity index (χ3n) is 4.19. The molecule has 0 aliphatic heterocycles. The number of anilines is 1. The van der Waals surface area contributed by atoms with E-state index in [1.165, 1.54) is 0 Å². The highest BCUT2D eigenvalue weighted by molar-refractivity contribution is 6.76. The molecule has 0 radical (unpaired) electrons. The first kappa shape index (κ1) is 19.5. The smallest absolute Gasteiger partial charge is 0.139 e. The summed E-state index contributed by atoms with van der Waals surface area (Å²) in [4.78, 5) is 4.47. The second kappa shape index (κ2) is 7.77. The molecule has 0 unspecified atom stereocenters. The molecular formula is C18H29N7OSi. The standard InChI is InChI=1S/C18H29N7OSi/c1-13(2)10-25-17-8-15(20-9-16(17)21-23-25)18-14(19)11-24(22-18)12-26-6-7-27(3,4)5/h8-9,11,13H,6-7,10,12,19H2,1-5H3. The van der Waals surface area contributed by atoms with Crippen molar-refractivity contribution in [2.45, 2.75) is 52.8 Å². The Bertz CT molecular complexity index is 910. The van der Waals surface area contributed by atoms with Gasteiger partial charge in [0.2, 0.25) is 0 Å². The number of nitrogens with two attached hydrogens (primary N) is 1. The Labute approximate surface area is 160 Å². The van der Waals surface area contributed by atoms with Gasteiger partial charge in [-0.05, 0) is 18.0 Å². The number of hydrogen-bond donors (Lipinski definition) is 1. The molecule has 3 rings (SSSR count). The highest BCUT2D eigenvalue weighted by atomic mass is 28.3. The summed E-state index contributed by atoms with van der Waals surface area (Å²) < 4.78 is 9.38. The van der Waals surface area contributed by atoms with Crippen LogP contribution in [0.25, 0.3) is 22.4 Å². The molecule has 0 saturated carbocycles. The van der Waals surface area contributed by atoms with Gasteiger partial charge in [-0.15, -0.1) is 5.10 Å². The SMILES string of the molecule is CC(C)Cn1nnc2cnc(-c3nn(COCC[Si](C)(C)C)cc3N)cc21. The maximum atomic E-state index is 6.17. The first-order valence-electron chi connectivity index (χ1n) is 9.33. The molecule has 0 aromatic carbocycles. The Balaban J connectivity index is 1.77. The summed E-state index contributed by atoms with van der Waals surface area (Å²) in [5, 5.41) is 13.0. The predicted molar refractivity (Wildman–Crippen MR) is 110 cm³/mol. The van der Waals surface area contributed by atoms with Gasteiger partial charge >= 0.3 is 0 Å². The maximum absolute atomic E-state index is 6.17. The highest BCUT2D eigenvalue weighted by Crippen LogP contribution is 2.25. The fraction of sp³-hybridized carbons (Fsp3) is 0.556. The van der Waals surface area contributed by atoms with Gasteiger partial charge in [-0.25, -0.2) is 9.36 Å². The van der Waals surface area contributed by atoms with Crippen LogP contribution in [0.2, 0.25) is 25.7 Å². The summed E-state index contributed by atoms with van der Waals surface area (Å²) in [5.41, 5.74) is 9.84. The molecule has 0 bridgehead atoms. The maximum Gasteiger partial charge on any atom is 0.139 e. The van der Waals surface area contributed by atoms with Crippen LogP contribution in [0.4, 0.5) is 5.69 Å². The minimum atomic E-state index is -1.09. The lowest BCUT2D eigenvalue weighted by Gasteiger charge is -2.15. The van der Waals surface area contributed by atoms with Crippen molar-refractivity contribution in [3.8, 4) is 11.4 Å².